The zero-order valence-electron chi connectivity index (χ0n) is 16.5. The number of hydrogen-bond acceptors (Lipinski definition) is 6. The molecular weight excluding hydrogens is 381 g/mol. The zero-order chi connectivity index (χ0) is 20.5. The first-order valence-electron chi connectivity index (χ1n) is 10.2. The number of anilines is 2. The standard InChI is InChI=1S/C23H22FN5O/c24-19-6-2-1-5-17(19)16-13-20-18(21(30)14-16)15-26-23(27-20)29-11-9-28(10-12-29)22-7-3-4-8-25-22/h1-8,15-16H,9-14H2/t16-/m1/s1. The van der Waals surface area contributed by atoms with Gasteiger partial charge in [0, 0.05) is 45.0 Å². The highest BCUT2D eigenvalue weighted by atomic mass is 19.1. The van der Waals surface area contributed by atoms with Crippen molar-refractivity contribution in [2.75, 3.05) is 36.0 Å². The normalized spacial score (nSPS) is 19.0. The Morgan fingerprint density at radius 1 is 0.900 bits per heavy atom. The smallest absolute Gasteiger partial charge is 0.225 e. The van der Waals surface area contributed by atoms with E-state index >= 15 is 0 Å². The number of hydrogen-bond donors (Lipinski definition) is 0. The molecule has 0 saturated carbocycles. The molecule has 0 amide bonds. The first-order valence-corrected chi connectivity index (χ1v) is 10.2. The van der Waals surface area contributed by atoms with Crippen molar-refractivity contribution in [3.05, 3.63) is 77.5 Å². The minimum Gasteiger partial charge on any atom is -0.353 e. The Labute approximate surface area is 174 Å². The quantitative estimate of drug-likeness (QED) is 0.669. The highest BCUT2D eigenvalue weighted by molar-refractivity contribution is 5.98. The summed E-state index contributed by atoms with van der Waals surface area (Å²) >= 11 is 0. The van der Waals surface area contributed by atoms with E-state index in [1.54, 1.807) is 24.5 Å². The Morgan fingerprint density at radius 2 is 1.67 bits per heavy atom. The highest BCUT2D eigenvalue weighted by Gasteiger charge is 2.30. The van der Waals surface area contributed by atoms with Gasteiger partial charge in [-0.05, 0) is 36.1 Å². The van der Waals surface area contributed by atoms with Gasteiger partial charge in [0.1, 0.15) is 11.6 Å². The molecule has 1 aromatic carbocycles. The third-order valence-electron chi connectivity index (χ3n) is 5.91. The van der Waals surface area contributed by atoms with Crippen LogP contribution in [-0.2, 0) is 6.42 Å². The minimum atomic E-state index is -0.265. The molecule has 6 nitrogen and oxygen atoms in total. The Morgan fingerprint density at radius 3 is 2.43 bits per heavy atom. The van der Waals surface area contributed by atoms with Crippen molar-refractivity contribution in [2.24, 2.45) is 0 Å². The summed E-state index contributed by atoms with van der Waals surface area (Å²) in [7, 11) is 0. The van der Waals surface area contributed by atoms with E-state index in [0.717, 1.165) is 37.7 Å². The number of carbonyl (C=O) groups excluding carboxylic acids is 1. The van der Waals surface area contributed by atoms with Crippen LogP contribution in [0.25, 0.3) is 0 Å². The summed E-state index contributed by atoms with van der Waals surface area (Å²) in [6, 6.07) is 12.6. The average molecular weight is 403 g/mol. The van der Waals surface area contributed by atoms with Gasteiger partial charge in [0.15, 0.2) is 5.78 Å². The fourth-order valence-electron chi connectivity index (χ4n) is 4.29. The minimum absolute atomic E-state index is 0.0176. The SMILES string of the molecule is O=C1C[C@H](c2ccccc2F)Cc2nc(N3CCN(c4ccccn4)CC3)ncc21. The molecule has 0 radical (unpaired) electrons. The average Bonchev–Trinajstić information content (AvgIpc) is 2.80. The van der Waals surface area contributed by atoms with Gasteiger partial charge in [-0.2, -0.15) is 0 Å². The zero-order valence-corrected chi connectivity index (χ0v) is 16.5. The van der Waals surface area contributed by atoms with Gasteiger partial charge in [-0.3, -0.25) is 4.79 Å². The second kappa shape index (κ2) is 7.82. The molecule has 0 unspecified atom stereocenters. The molecule has 1 atom stereocenters. The molecule has 0 spiro atoms. The van der Waals surface area contributed by atoms with Gasteiger partial charge in [0.2, 0.25) is 5.95 Å². The number of halogens is 1. The Balaban J connectivity index is 1.34. The van der Waals surface area contributed by atoms with Gasteiger partial charge in [0.25, 0.3) is 0 Å². The van der Waals surface area contributed by atoms with Crippen LogP contribution < -0.4 is 9.80 Å². The van der Waals surface area contributed by atoms with E-state index in [1.165, 1.54) is 6.07 Å². The predicted molar refractivity (Wildman–Crippen MR) is 112 cm³/mol. The van der Waals surface area contributed by atoms with Crippen LogP contribution in [0.5, 0.6) is 0 Å². The maximum atomic E-state index is 14.3. The van der Waals surface area contributed by atoms with Crippen LogP contribution >= 0.6 is 0 Å². The summed E-state index contributed by atoms with van der Waals surface area (Å²) in [6.07, 6.45) is 4.28. The van der Waals surface area contributed by atoms with E-state index in [1.807, 2.05) is 24.3 Å². The molecule has 1 aliphatic heterocycles. The molecule has 5 rings (SSSR count). The highest BCUT2D eigenvalue weighted by Crippen LogP contribution is 2.33. The van der Waals surface area contributed by atoms with Gasteiger partial charge < -0.3 is 9.80 Å². The van der Waals surface area contributed by atoms with Crippen molar-refractivity contribution < 1.29 is 9.18 Å². The van der Waals surface area contributed by atoms with Crippen LogP contribution in [0.2, 0.25) is 0 Å². The number of piperazine rings is 1. The Kier molecular flexibility index (Phi) is 4.86. The van der Waals surface area contributed by atoms with Gasteiger partial charge in [-0.25, -0.2) is 19.3 Å². The molecule has 2 aliphatic rings. The maximum Gasteiger partial charge on any atom is 0.225 e. The molecule has 2 aromatic heterocycles. The lowest BCUT2D eigenvalue weighted by Crippen LogP contribution is -2.47. The first kappa shape index (κ1) is 18.7. The number of pyridine rings is 1. The molecule has 30 heavy (non-hydrogen) atoms. The topological polar surface area (TPSA) is 62.2 Å². The first-order chi connectivity index (χ1) is 14.7. The monoisotopic (exact) mass is 403 g/mol. The molecule has 3 aromatic rings. The van der Waals surface area contributed by atoms with Crippen molar-refractivity contribution >= 4 is 17.5 Å². The molecule has 1 aliphatic carbocycles. The second-order valence-corrected chi connectivity index (χ2v) is 7.74. The van der Waals surface area contributed by atoms with Gasteiger partial charge in [-0.1, -0.05) is 24.3 Å². The van der Waals surface area contributed by atoms with Crippen molar-refractivity contribution in [1.29, 1.82) is 0 Å². The summed E-state index contributed by atoms with van der Waals surface area (Å²) in [5.74, 6) is 1.14. The van der Waals surface area contributed by atoms with Crippen molar-refractivity contribution in [3.63, 3.8) is 0 Å². The van der Waals surface area contributed by atoms with Gasteiger partial charge in [-0.15, -0.1) is 0 Å². The molecular formula is C23H22FN5O. The van der Waals surface area contributed by atoms with Crippen LogP contribution in [-0.4, -0.2) is 46.9 Å². The van der Waals surface area contributed by atoms with Crippen LogP contribution in [0.3, 0.4) is 0 Å². The molecule has 0 N–H and O–H groups in total. The van der Waals surface area contributed by atoms with Crippen LogP contribution in [0, 0.1) is 5.82 Å². The van der Waals surface area contributed by atoms with Crippen molar-refractivity contribution in [1.82, 2.24) is 15.0 Å². The summed E-state index contributed by atoms with van der Waals surface area (Å²) < 4.78 is 14.3. The summed E-state index contributed by atoms with van der Waals surface area (Å²) in [4.78, 5) is 30.6. The largest absolute Gasteiger partial charge is 0.353 e. The number of rotatable bonds is 3. The van der Waals surface area contributed by atoms with Crippen LogP contribution in [0.1, 0.15) is 34.0 Å². The summed E-state index contributed by atoms with van der Waals surface area (Å²) in [5.41, 5.74) is 1.87. The van der Waals surface area contributed by atoms with E-state index in [0.29, 0.717) is 29.9 Å². The number of Topliss-reactive ketones (excluding diaryl/α,β-unsaturated/α-hetero) is 1. The number of benzene rings is 1. The van der Waals surface area contributed by atoms with E-state index in [2.05, 4.69) is 19.8 Å². The third-order valence-corrected chi connectivity index (χ3v) is 5.91. The number of ketones is 1. The lowest BCUT2D eigenvalue weighted by Gasteiger charge is -2.35. The Hall–Kier alpha value is -3.35. The van der Waals surface area contributed by atoms with E-state index in [-0.39, 0.29) is 17.5 Å². The van der Waals surface area contributed by atoms with Crippen LogP contribution in [0.15, 0.2) is 54.9 Å². The number of nitrogens with zero attached hydrogens (tertiary/aromatic N) is 5. The molecule has 3 heterocycles. The van der Waals surface area contributed by atoms with E-state index < -0.39 is 0 Å². The maximum absolute atomic E-state index is 14.3. The molecule has 1 saturated heterocycles. The molecule has 1 fully saturated rings. The molecule has 152 valence electrons. The fraction of sp³-hybridized carbons (Fsp3) is 0.304. The number of fused-ring (bicyclic) bond motifs is 1. The van der Waals surface area contributed by atoms with Crippen LogP contribution in [0.4, 0.5) is 16.2 Å². The van der Waals surface area contributed by atoms with Gasteiger partial charge in [0.05, 0.1) is 11.3 Å². The summed E-state index contributed by atoms with van der Waals surface area (Å²) in [5, 5.41) is 0. The lowest BCUT2D eigenvalue weighted by atomic mass is 9.82. The third kappa shape index (κ3) is 3.51. The van der Waals surface area contributed by atoms with Gasteiger partial charge >= 0.3 is 0 Å². The second-order valence-electron chi connectivity index (χ2n) is 7.74. The predicted octanol–water partition coefficient (Wildman–Crippen LogP) is 3.25. The van der Waals surface area contributed by atoms with E-state index in [4.69, 9.17) is 4.98 Å². The van der Waals surface area contributed by atoms with E-state index in [9.17, 15) is 9.18 Å². The van der Waals surface area contributed by atoms with Crippen molar-refractivity contribution in [3.8, 4) is 0 Å². The number of aromatic nitrogens is 3. The number of carbonyl (C=O) groups is 1. The lowest BCUT2D eigenvalue weighted by molar-refractivity contribution is 0.0962. The molecule has 7 heteroatoms. The fourth-order valence-corrected chi connectivity index (χ4v) is 4.29. The Bertz CT molecular complexity index is 1070. The summed E-state index contributed by atoms with van der Waals surface area (Å²) in [6.45, 7) is 3.21. The molecule has 0 bridgehead atoms. The van der Waals surface area contributed by atoms with Crippen molar-refractivity contribution in [2.45, 2.75) is 18.8 Å².